The van der Waals surface area contributed by atoms with Gasteiger partial charge in [0, 0.05) is 6.08 Å². The van der Waals surface area contributed by atoms with Gasteiger partial charge in [-0.1, -0.05) is 5.57 Å². The Morgan fingerprint density at radius 2 is 1.83 bits per heavy atom. The molecule has 0 unspecified atom stereocenters. The molecular weight excluding hydrogens is 242 g/mol. The van der Waals surface area contributed by atoms with Crippen LogP contribution in [0.15, 0.2) is 11.6 Å². The molecule has 0 aromatic carbocycles. The average molecular weight is 261 g/mol. The SMILES string of the molecule is CC(C)=CC(=O)N[C@H]1O[C@H](CO)[C@@H](O)[C@H](O)[C@H]1O. The van der Waals surface area contributed by atoms with Gasteiger partial charge in [-0.2, -0.15) is 0 Å². The molecule has 7 nitrogen and oxygen atoms in total. The first-order valence-corrected chi connectivity index (χ1v) is 5.62. The summed E-state index contributed by atoms with van der Waals surface area (Å²) in [5.41, 5.74) is 0.761. The number of carbonyl (C=O) groups excluding carboxylic acids is 1. The zero-order valence-electron chi connectivity index (χ0n) is 10.3. The molecule has 1 aliphatic heterocycles. The van der Waals surface area contributed by atoms with Crippen molar-refractivity contribution in [2.45, 2.75) is 44.5 Å². The summed E-state index contributed by atoms with van der Waals surface area (Å²) in [6.45, 7) is 2.93. The van der Waals surface area contributed by atoms with Gasteiger partial charge in [-0.15, -0.1) is 0 Å². The molecule has 104 valence electrons. The second kappa shape index (κ2) is 6.26. The number of rotatable bonds is 3. The van der Waals surface area contributed by atoms with Gasteiger partial charge in [-0.05, 0) is 13.8 Å². The lowest BCUT2D eigenvalue weighted by Gasteiger charge is -2.39. The van der Waals surface area contributed by atoms with E-state index in [-0.39, 0.29) is 0 Å². The molecule has 1 saturated heterocycles. The van der Waals surface area contributed by atoms with Crippen molar-refractivity contribution in [2.24, 2.45) is 0 Å². The Morgan fingerprint density at radius 1 is 1.22 bits per heavy atom. The van der Waals surface area contributed by atoms with Crippen LogP contribution in [0, 0.1) is 0 Å². The topological polar surface area (TPSA) is 119 Å². The molecule has 1 amide bonds. The van der Waals surface area contributed by atoms with Gasteiger partial charge in [-0.25, -0.2) is 0 Å². The second-order valence-electron chi connectivity index (χ2n) is 4.48. The number of aliphatic hydroxyl groups excluding tert-OH is 4. The smallest absolute Gasteiger partial charge is 0.245 e. The van der Waals surface area contributed by atoms with Gasteiger partial charge in [0.1, 0.15) is 24.4 Å². The van der Waals surface area contributed by atoms with E-state index < -0.39 is 43.2 Å². The zero-order chi connectivity index (χ0) is 13.9. The fourth-order valence-electron chi connectivity index (χ4n) is 1.66. The highest BCUT2D eigenvalue weighted by atomic mass is 16.6. The first kappa shape index (κ1) is 15.1. The molecule has 0 aromatic heterocycles. The third-order valence-corrected chi connectivity index (χ3v) is 2.60. The number of carbonyl (C=O) groups is 1. The molecule has 1 heterocycles. The highest BCUT2D eigenvalue weighted by Gasteiger charge is 2.43. The molecule has 0 aromatic rings. The van der Waals surface area contributed by atoms with Crippen LogP contribution in [-0.2, 0) is 9.53 Å². The Balaban J connectivity index is 2.70. The number of ether oxygens (including phenoxy) is 1. The zero-order valence-corrected chi connectivity index (χ0v) is 10.3. The third kappa shape index (κ3) is 3.50. The summed E-state index contributed by atoms with van der Waals surface area (Å²) in [7, 11) is 0. The molecule has 1 fully saturated rings. The van der Waals surface area contributed by atoms with Crippen LogP contribution in [0.1, 0.15) is 13.8 Å². The normalized spacial score (nSPS) is 36.0. The van der Waals surface area contributed by atoms with Crippen molar-refractivity contribution in [1.82, 2.24) is 5.32 Å². The van der Waals surface area contributed by atoms with Crippen molar-refractivity contribution in [3.05, 3.63) is 11.6 Å². The lowest BCUT2D eigenvalue weighted by Crippen LogP contribution is -2.63. The second-order valence-corrected chi connectivity index (χ2v) is 4.48. The van der Waals surface area contributed by atoms with E-state index in [0.29, 0.717) is 0 Å². The van der Waals surface area contributed by atoms with Crippen molar-refractivity contribution >= 4 is 5.91 Å². The summed E-state index contributed by atoms with van der Waals surface area (Å²) in [5, 5.41) is 40.0. The maximum atomic E-state index is 11.5. The largest absolute Gasteiger partial charge is 0.394 e. The number of hydrogen-bond donors (Lipinski definition) is 5. The molecule has 0 spiro atoms. The first-order valence-electron chi connectivity index (χ1n) is 5.62. The van der Waals surface area contributed by atoms with Gasteiger partial charge in [0.05, 0.1) is 6.61 Å². The quantitative estimate of drug-likeness (QED) is 0.370. The monoisotopic (exact) mass is 261 g/mol. The van der Waals surface area contributed by atoms with Crippen molar-refractivity contribution < 1.29 is 30.0 Å². The maximum absolute atomic E-state index is 11.5. The molecule has 0 aliphatic carbocycles. The summed E-state index contributed by atoms with van der Waals surface area (Å²) in [4.78, 5) is 11.5. The molecule has 18 heavy (non-hydrogen) atoms. The standard InChI is InChI=1S/C11H19NO6/c1-5(2)3-7(14)12-11-10(17)9(16)8(15)6(4-13)18-11/h3,6,8-11,13,15-17H,4H2,1-2H3,(H,12,14)/t6-,8-,9+,10-,11+/m1/s1. The molecule has 1 aliphatic rings. The van der Waals surface area contributed by atoms with Crippen molar-refractivity contribution in [1.29, 1.82) is 0 Å². The minimum atomic E-state index is -1.49. The number of allylic oxidation sites excluding steroid dienone is 1. The molecule has 5 atom stereocenters. The molecule has 0 saturated carbocycles. The minimum Gasteiger partial charge on any atom is -0.394 e. The molecule has 1 rings (SSSR count). The van der Waals surface area contributed by atoms with Crippen LogP contribution in [0.3, 0.4) is 0 Å². The van der Waals surface area contributed by atoms with Crippen molar-refractivity contribution in [2.75, 3.05) is 6.61 Å². The predicted octanol–water partition coefficient (Wildman–Crippen LogP) is -2.13. The Morgan fingerprint density at radius 3 is 2.33 bits per heavy atom. The van der Waals surface area contributed by atoms with Gasteiger partial charge in [0.2, 0.25) is 5.91 Å². The van der Waals surface area contributed by atoms with E-state index in [1.54, 1.807) is 13.8 Å². The summed E-state index contributed by atoms with van der Waals surface area (Å²) in [5.74, 6) is -0.487. The van der Waals surface area contributed by atoms with Crippen LogP contribution in [0.25, 0.3) is 0 Å². The van der Waals surface area contributed by atoms with Crippen LogP contribution < -0.4 is 5.32 Å². The fourth-order valence-corrected chi connectivity index (χ4v) is 1.66. The Labute approximate surface area is 105 Å². The van der Waals surface area contributed by atoms with Gasteiger partial charge in [-0.3, -0.25) is 4.79 Å². The minimum absolute atomic E-state index is 0.487. The fraction of sp³-hybridized carbons (Fsp3) is 0.727. The lowest BCUT2D eigenvalue weighted by atomic mass is 9.98. The van der Waals surface area contributed by atoms with Crippen LogP contribution >= 0.6 is 0 Å². The lowest BCUT2D eigenvalue weighted by molar-refractivity contribution is -0.235. The van der Waals surface area contributed by atoms with E-state index >= 15 is 0 Å². The van der Waals surface area contributed by atoms with Gasteiger partial charge < -0.3 is 30.5 Å². The number of aliphatic hydroxyl groups is 4. The van der Waals surface area contributed by atoms with E-state index in [0.717, 1.165) is 5.57 Å². The van der Waals surface area contributed by atoms with E-state index in [1.807, 2.05) is 0 Å². The summed E-state index contributed by atoms with van der Waals surface area (Å²) in [6, 6.07) is 0. The van der Waals surface area contributed by atoms with Crippen molar-refractivity contribution in [3.8, 4) is 0 Å². The van der Waals surface area contributed by atoms with Crippen molar-refractivity contribution in [3.63, 3.8) is 0 Å². The van der Waals surface area contributed by atoms with Gasteiger partial charge in [0.25, 0.3) is 0 Å². The Bertz CT molecular complexity index is 325. The average Bonchev–Trinajstić information content (AvgIpc) is 2.29. The third-order valence-electron chi connectivity index (χ3n) is 2.60. The Kier molecular flexibility index (Phi) is 5.24. The number of nitrogens with one attached hydrogen (secondary N) is 1. The van der Waals surface area contributed by atoms with Crippen LogP contribution in [-0.4, -0.2) is 63.6 Å². The number of hydrogen-bond acceptors (Lipinski definition) is 6. The number of amides is 1. The summed E-state index contributed by atoms with van der Waals surface area (Å²) < 4.78 is 5.11. The van der Waals surface area contributed by atoms with Gasteiger partial charge in [0.15, 0.2) is 6.23 Å². The van der Waals surface area contributed by atoms with Crippen LogP contribution in [0.2, 0.25) is 0 Å². The van der Waals surface area contributed by atoms with Crippen LogP contribution in [0.4, 0.5) is 0 Å². The van der Waals surface area contributed by atoms with E-state index in [2.05, 4.69) is 5.32 Å². The summed E-state index contributed by atoms with van der Waals surface area (Å²) in [6.07, 6.45) is -5.28. The molecule has 5 N–H and O–H groups in total. The molecular formula is C11H19NO6. The van der Waals surface area contributed by atoms with Gasteiger partial charge >= 0.3 is 0 Å². The highest BCUT2D eigenvalue weighted by Crippen LogP contribution is 2.19. The maximum Gasteiger partial charge on any atom is 0.245 e. The molecule has 0 bridgehead atoms. The van der Waals surface area contributed by atoms with Crippen LogP contribution in [0.5, 0.6) is 0 Å². The van der Waals surface area contributed by atoms with E-state index in [1.165, 1.54) is 6.08 Å². The van der Waals surface area contributed by atoms with E-state index in [4.69, 9.17) is 9.84 Å². The summed E-state index contributed by atoms with van der Waals surface area (Å²) >= 11 is 0. The molecule has 7 heteroatoms. The van der Waals surface area contributed by atoms with E-state index in [9.17, 15) is 20.1 Å². The predicted molar refractivity (Wildman–Crippen MR) is 61.3 cm³/mol. The highest BCUT2D eigenvalue weighted by molar-refractivity contribution is 5.88. The first-order chi connectivity index (χ1) is 8.36. The Hall–Kier alpha value is -0.990. The molecule has 0 radical (unpaired) electrons.